The van der Waals surface area contributed by atoms with Gasteiger partial charge in [0.25, 0.3) is 0 Å². The first-order valence-corrected chi connectivity index (χ1v) is 5.15. The molecule has 0 aromatic rings. The molecule has 3 nitrogen and oxygen atoms in total. The largest absolute Gasteiger partial charge is 0.352 e. The summed E-state index contributed by atoms with van der Waals surface area (Å²) in [5, 5.41) is 2.76. The molecule has 0 aliphatic rings. The number of allylic oxidation sites excluding steroid dienone is 1. The molecular weight excluding hydrogens is 172 g/mol. The lowest BCUT2D eigenvalue weighted by Gasteiger charge is -2.00. The van der Waals surface area contributed by atoms with Crippen LogP contribution in [-0.2, 0) is 4.79 Å². The van der Waals surface area contributed by atoms with Crippen molar-refractivity contribution < 1.29 is 4.79 Å². The zero-order valence-electron chi connectivity index (χ0n) is 7.38. The number of carbonyl (C=O) groups excluding carboxylic acids is 1. The van der Waals surface area contributed by atoms with Crippen molar-refractivity contribution in [3.05, 3.63) is 12.2 Å². The molecule has 4 heteroatoms. The zero-order valence-corrected chi connectivity index (χ0v) is 8.19. The first kappa shape index (κ1) is 11.5. The monoisotopic (exact) mass is 188 g/mol. The normalized spacial score (nSPS) is 10.5. The first-order valence-electron chi connectivity index (χ1n) is 3.99. The minimum atomic E-state index is -0.0224. The predicted molar refractivity (Wildman–Crippen MR) is 54.2 cm³/mol. The number of thioether (sulfide) groups is 1. The molecule has 3 N–H and O–H groups in total. The molecule has 0 unspecified atom stereocenters. The van der Waals surface area contributed by atoms with E-state index in [0.29, 0.717) is 13.1 Å². The summed E-state index contributed by atoms with van der Waals surface area (Å²) < 4.78 is 0. The highest BCUT2D eigenvalue weighted by Gasteiger charge is 1.92. The van der Waals surface area contributed by atoms with E-state index in [2.05, 4.69) is 5.32 Å². The Hall–Kier alpha value is -0.480. The highest BCUT2D eigenvalue weighted by molar-refractivity contribution is 7.99. The van der Waals surface area contributed by atoms with Gasteiger partial charge in [-0.2, -0.15) is 11.8 Å². The summed E-state index contributed by atoms with van der Waals surface area (Å²) in [4.78, 5) is 10.8. The Bertz CT molecular complexity index is 148. The van der Waals surface area contributed by atoms with Crippen molar-refractivity contribution in [2.45, 2.75) is 6.92 Å². The minimum Gasteiger partial charge on any atom is -0.352 e. The smallest absolute Gasteiger partial charge is 0.243 e. The van der Waals surface area contributed by atoms with Gasteiger partial charge >= 0.3 is 0 Å². The topological polar surface area (TPSA) is 55.1 Å². The van der Waals surface area contributed by atoms with Crippen LogP contribution in [0.15, 0.2) is 12.2 Å². The van der Waals surface area contributed by atoms with Crippen molar-refractivity contribution in [3.63, 3.8) is 0 Å². The third kappa shape index (κ3) is 7.63. The number of nitrogens with two attached hydrogens (primary N) is 1. The average Bonchev–Trinajstić information content (AvgIpc) is 2.05. The molecular formula is C8H16N2OS. The van der Waals surface area contributed by atoms with Gasteiger partial charge in [0, 0.05) is 24.6 Å². The Balaban J connectivity index is 3.14. The Morgan fingerprint density at radius 1 is 1.58 bits per heavy atom. The van der Waals surface area contributed by atoms with Crippen LogP contribution in [0.3, 0.4) is 0 Å². The molecule has 0 spiro atoms. The number of nitrogens with one attached hydrogen (secondary N) is 1. The third-order valence-electron chi connectivity index (χ3n) is 1.13. The fraction of sp³-hybridized carbons (Fsp3) is 0.625. The second kappa shape index (κ2) is 8.62. The SMILES string of the molecule is CC=CC(=O)NCCSCCN. The van der Waals surface area contributed by atoms with Crippen LogP contribution in [-0.4, -0.2) is 30.5 Å². The van der Waals surface area contributed by atoms with Crippen LogP contribution < -0.4 is 11.1 Å². The molecule has 0 atom stereocenters. The summed E-state index contributed by atoms with van der Waals surface area (Å²) >= 11 is 1.75. The molecule has 70 valence electrons. The molecule has 12 heavy (non-hydrogen) atoms. The van der Waals surface area contributed by atoms with Crippen LogP contribution in [0.25, 0.3) is 0 Å². The van der Waals surface area contributed by atoms with E-state index in [0.717, 1.165) is 11.5 Å². The molecule has 0 aliphatic carbocycles. The Kier molecular flexibility index (Phi) is 8.27. The number of rotatable bonds is 6. The number of hydrogen-bond donors (Lipinski definition) is 2. The minimum absolute atomic E-state index is 0.0224. The van der Waals surface area contributed by atoms with Crippen LogP contribution in [0.4, 0.5) is 0 Å². The molecule has 0 radical (unpaired) electrons. The van der Waals surface area contributed by atoms with E-state index in [1.54, 1.807) is 17.8 Å². The molecule has 0 fully saturated rings. The van der Waals surface area contributed by atoms with Crippen molar-refractivity contribution in [1.29, 1.82) is 0 Å². The number of carbonyl (C=O) groups is 1. The molecule has 1 amide bonds. The van der Waals surface area contributed by atoms with Gasteiger partial charge in [-0.1, -0.05) is 6.08 Å². The molecule has 0 heterocycles. The van der Waals surface area contributed by atoms with Crippen LogP contribution >= 0.6 is 11.8 Å². The summed E-state index contributed by atoms with van der Waals surface area (Å²) in [5.74, 6) is 1.87. The van der Waals surface area contributed by atoms with Gasteiger partial charge in [-0.3, -0.25) is 4.79 Å². The Morgan fingerprint density at radius 3 is 2.92 bits per heavy atom. The summed E-state index contributed by atoms with van der Waals surface area (Å²) in [7, 11) is 0. The van der Waals surface area contributed by atoms with Crippen molar-refractivity contribution in [1.82, 2.24) is 5.32 Å². The maximum atomic E-state index is 10.8. The van der Waals surface area contributed by atoms with Crippen molar-refractivity contribution in [3.8, 4) is 0 Å². The summed E-state index contributed by atoms with van der Waals surface area (Å²) in [5.41, 5.74) is 5.30. The highest BCUT2D eigenvalue weighted by Crippen LogP contribution is 1.94. The lowest BCUT2D eigenvalue weighted by molar-refractivity contribution is -0.116. The molecule has 0 bridgehead atoms. The van der Waals surface area contributed by atoms with Crippen LogP contribution in [0, 0.1) is 0 Å². The molecule has 0 saturated heterocycles. The fourth-order valence-corrected chi connectivity index (χ4v) is 1.26. The third-order valence-corrected chi connectivity index (χ3v) is 2.14. The van der Waals surface area contributed by atoms with E-state index in [1.165, 1.54) is 6.08 Å². The standard InChI is InChI=1S/C8H16N2OS/c1-2-3-8(11)10-5-7-12-6-4-9/h2-3H,4-7,9H2,1H3,(H,10,11). The van der Waals surface area contributed by atoms with Gasteiger partial charge in [0.15, 0.2) is 0 Å². The van der Waals surface area contributed by atoms with Gasteiger partial charge < -0.3 is 11.1 Å². The highest BCUT2D eigenvalue weighted by atomic mass is 32.2. The van der Waals surface area contributed by atoms with Crippen molar-refractivity contribution >= 4 is 17.7 Å². The summed E-state index contributed by atoms with van der Waals surface area (Å²) in [6.45, 7) is 3.24. The van der Waals surface area contributed by atoms with E-state index in [9.17, 15) is 4.79 Å². The first-order chi connectivity index (χ1) is 5.81. The van der Waals surface area contributed by atoms with Crippen molar-refractivity contribution in [2.75, 3.05) is 24.6 Å². The van der Waals surface area contributed by atoms with E-state index in [-0.39, 0.29) is 5.91 Å². The lowest BCUT2D eigenvalue weighted by atomic mass is 10.5. The maximum Gasteiger partial charge on any atom is 0.243 e. The van der Waals surface area contributed by atoms with Gasteiger partial charge in [0.2, 0.25) is 5.91 Å². The van der Waals surface area contributed by atoms with Gasteiger partial charge in [-0.15, -0.1) is 0 Å². The fourth-order valence-electron chi connectivity index (χ4n) is 0.642. The zero-order chi connectivity index (χ0) is 9.23. The van der Waals surface area contributed by atoms with Gasteiger partial charge in [-0.25, -0.2) is 0 Å². The second-order valence-corrected chi connectivity index (χ2v) is 3.42. The molecule has 0 aromatic carbocycles. The van der Waals surface area contributed by atoms with Gasteiger partial charge in [-0.05, 0) is 13.0 Å². The summed E-state index contributed by atoms with van der Waals surface area (Å²) in [6, 6.07) is 0. The van der Waals surface area contributed by atoms with E-state index in [4.69, 9.17) is 5.73 Å². The van der Waals surface area contributed by atoms with Crippen LogP contribution in [0.5, 0.6) is 0 Å². The average molecular weight is 188 g/mol. The predicted octanol–water partition coefficient (Wildman–Crippen LogP) is 0.371. The second-order valence-electron chi connectivity index (χ2n) is 2.19. The Labute approximate surface area is 77.8 Å². The van der Waals surface area contributed by atoms with Gasteiger partial charge in [0.1, 0.15) is 0 Å². The van der Waals surface area contributed by atoms with E-state index >= 15 is 0 Å². The lowest BCUT2D eigenvalue weighted by Crippen LogP contribution is -2.23. The van der Waals surface area contributed by atoms with E-state index < -0.39 is 0 Å². The maximum absolute atomic E-state index is 10.8. The molecule has 0 saturated carbocycles. The Morgan fingerprint density at radius 2 is 2.33 bits per heavy atom. The van der Waals surface area contributed by atoms with Crippen LogP contribution in [0.2, 0.25) is 0 Å². The van der Waals surface area contributed by atoms with Gasteiger partial charge in [0.05, 0.1) is 0 Å². The van der Waals surface area contributed by atoms with Crippen LogP contribution in [0.1, 0.15) is 6.92 Å². The number of hydrogen-bond acceptors (Lipinski definition) is 3. The van der Waals surface area contributed by atoms with E-state index in [1.807, 2.05) is 6.92 Å². The molecule has 0 aliphatic heterocycles. The van der Waals surface area contributed by atoms with Crippen molar-refractivity contribution in [2.24, 2.45) is 5.73 Å². The summed E-state index contributed by atoms with van der Waals surface area (Å²) in [6.07, 6.45) is 3.25. The molecule has 0 rings (SSSR count). The molecule has 0 aromatic heterocycles. The quantitative estimate of drug-likeness (QED) is 0.468. The number of amides is 1.